The number of nitrogens with zero attached hydrogens (tertiary/aromatic N) is 4. The number of rotatable bonds is 13. The van der Waals surface area contributed by atoms with Gasteiger partial charge in [0.2, 0.25) is 22.8 Å². The van der Waals surface area contributed by atoms with Crippen LogP contribution in [0.1, 0.15) is 177 Å². The fraction of sp³-hybridized carbons (Fsp3) is 0.299. The molecule has 4 aromatic heterocycles. The molecule has 0 bridgehead atoms. The second-order valence-electron chi connectivity index (χ2n) is 28.4. The molecular weight excluding hydrogens is 1220 g/mol. The lowest BCUT2D eigenvalue weighted by Gasteiger charge is -2.18. The van der Waals surface area contributed by atoms with Crippen molar-refractivity contribution in [2.24, 2.45) is 39.5 Å². The van der Waals surface area contributed by atoms with Gasteiger partial charge >= 0.3 is 0 Å². The highest BCUT2D eigenvalue weighted by Crippen LogP contribution is 2.39. The Labute approximate surface area is 633 Å². The molecule has 0 unspecified atom stereocenters. The summed E-state index contributed by atoms with van der Waals surface area (Å²) in [5.41, 5.74) is 21.6. The molecule has 13 rings (SSSR count). The van der Waals surface area contributed by atoms with Gasteiger partial charge in [-0.1, -0.05) is 213 Å². The smallest absolute Gasteiger partial charge is 0.201 e. The Morgan fingerprint density at radius 3 is 1.22 bits per heavy atom. The summed E-state index contributed by atoms with van der Waals surface area (Å²) >= 11 is 0. The largest absolute Gasteiger partial charge is 0.212 e. The molecule has 101 heavy (non-hydrogen) atoms. The molecule has 0 aliphatic heterocycles. The summed E-state index contributed by atoms with van der Waals surface area (Å²) in [5.74, 6) is -1.70. The van der Waals surface area contributed by atoms with Gasteiger partial charge in [-0.25, -0.2) is 18.3 Å². The number of benzene rings is 8. The minimum atomic E-state index is -2.23. The maximum Gasteiger partial charge on any atom is 0.212 e. The molecule has 0 radical (unpaired) electrons. The first-order valence-electron chi connectivity index (χ1n) is 44.2. The van der Waals surface area contributed by atoms with E-state index in [1.165, 1.54) is 0 Å². The molecule has 0 amide bonds. The lowest BCUT2D eigenvalue weighted by atomic mass is 9.87. The zero-order chi connectivity index (χ0) is 87.7. The van der Waals surface area contributed by atoms with E-state index in [-0.39, 0.29) is 5.92 Å². The van der Waals surface area contributed by atoms with Gasteiger partial charge in [0.05, 0.1) is 0 Å². The quantitative estimate of drug-likeness (QED) is 0.102. The Morgan fingerprint density at radius 2 is 0.792 bits per heavy atom. The predicted molar refractivity (Wildman–Crippen MR) is 429 cm³/mol. The second kappa shape index (κ2) is 33.2. The topological polar surface area (TPSA) is 15.5 Å². The molecule has 0 N–H and O–H groups in total. The summed E-state index contributed by atoms with van der Waals surface area (Å²) in [6.45, 7) is 12.1. The third-order valence-electron chi connectivity index (χ3n) is 18.7. The maximum atomic E-state index is 9.04. The Balaban J connectivity index is 0.000000167. The minimum Gasteiger partial charge on any atom is -0.201 e. The third-order valence-corrected chi connectivity index (χ3v) is 18.7. The predicted octanol–water partition coefficient (Wildman–Crippen LogP) is 23.4. The average Bonchev–Trinajstić information content (AvgIpc) is 1.75. The molecule has 4 heteroatoms. The van der Waals surface area contributed by atoms with Crippen LogP contribution in [0.2, 0.25) is 0 Å². The molecule has 1 fully saturated rings. The van der Waals surface area contributed by atoms with Crippen molar-refractivity contribution in [1.82, 2.24) is 0 Å². The molecule has 12 aromatic rings. The van der Waals surface area contributed by atoms with Crippen LogP contribution in [-0.2, 0) is 40.9 Å². The van der Waals surface area contributed by atoms with E-state index in [4.69, 9.17) is 24.7 Å². The van der Waals surface area contributed by atoms with E-state index < -0.39 is 57.4 Å². The molecule has 1 aliphatic carbocycles. The van der Waals surface area contributed by atoms with E-state index in [0.717, 1.165) is 119 Å². The average molecular weight is 1350 g/mol. The van der Waals surface area contributed by atoms with Gasteiger partial charge < -0.3 is 0 Å². The molecule has 4 heterocycles. The Bertz CT molecular complexity index is 5590. The molecule has 8 aromatic carbocycles. The zero-order valence-electron chi connectivity index (χ0n) is 79.8. The number of hydrogen-bond acceptors (Lipinski definition) is 0. The molecule has 1 aliphatic rings. The summed E-state index contributed by atoms with van der Waals surface area (Å²) in [6, 6.07) is 69.8. The monoisotopic (exact) mass is 1350 g/mol. The van der Waals surface area contributed by atoms with Gasteiger partial charge in [0.1, 0.15) is 28.2 Å². The Morgan fingerprint density at radius 1 is 0.396 bits per heavy atom. The number of aryl methyl sites for hydroxylation is 12. The van der Waals surface area contributed by atoms with Gasteiger partial charge in [0.15, 0.2) is 24.8 Å². The van der Waals surface area contributed by atoms with Gasteiger partial charge in [-0.05, 0) is 234 Å². The highest BCUT2D eigenvalue weighted by Gasteiger charge is 2.26. The fourth-order valence-electron chi connectivity index (χ4n) is 13.3. The van der Waals surface area contributed by atoms with Crippen LogP contribution in [0.3, 0.4) is 0 Å². The van der Waals surface area contributed by atoms with Crippen molar-refractivity contribution in [1.29, 1.82) is 0 Å². The molecule has 0 spiro atoms. The van der Waals surface area contributed by atoms with E-state index in [2.05, 4.69) is 37.3 Å². The van der Waals surface area contributed by atoms with Crippen LogP contribution in [0, 0.1) is 66.4 Å². The molecule has 0 saturated heterocycles. The highest BCUT2D eigenvalue weighted by atomic mass is 14.9. The van der Waals surface area contributed by atoms with Crippen molar-refractivity contribution in [3.63, 3.8) is 0 Å². The molecule has 4 nitrogen and oxygen atoms in total. The van der Waals surface area contributed by atoms with Crippen LogP contribution in [-0.4, -0.2) is 0 Å². The van der Waals surface area contributed by atoms with E-state index in [1.807, 2.05) is 304 Å². The number of aromatic nitrogens is 4. The van der Waals surface area contributed by atoms with Gasteiger partial charge in [0, 0.05) is 95.0 Å². The Kier molecular flexibility index (Phi) is 17.5. The number of hydrogen-bond donors (Lipinski definition) is 0. The van der Waals surface area contributed by atoms with Crippen molar-refractivity contribution in [2.45, 2.75) is 154 Å². The normalized spacial score (nSPS) is 16.0. The van der Waals surface area contributed by atoms with Crippen LogP contribution in [0.25, 0.3) is 89.5 Å². The fourth-order valence-corrected chi connectivity index (χ4v) is 13.3. The van der Waals surface area contributed by atoms with E-state index in [0.29, 0.717) is 62.9 Å². The summed E-state index contributed by atoms with van der Waals surface area (Å²) < 4.78 is 156. The lowest BCUT2D eigenvalue weighted by Crippen LogP contribution is -2.32. The van der Waals surface area contributed by atoms with E-state index >= 15 is 0 Å². The van der Waals surface area contributed by atoms with Crippen LogP contribution in [0.5, 0.6) is 0 Å². The van der Waals surface area contributed by atoms with Crippen LogP contribution < -0.4 is 18.3 Å². The SMILES string of the molecule is [2H]C([2H])([2H])c1c[n+](C)c(-c2cc(-c3ccccc3)ccc2C)cc1C1([2H])CCCC1.[2H]C([2H])([2H])c1cc(C)c(-c2cc(C([2H])(C)C)cc[n+]2C)cc1-c1ccccc1.[2H]C([2H])([2H])c1cc(C)c(-c2cc(C([2H])([2H])C(C)(C)C)cc[n+]2C)cc1-c1ccccc1.[2H]C([2H])([2H])c1cc(C)c(-c2cc(C([2H])([2H])C(C)C)cc[n+]2C)cc1-c1ccccc1. The van der Waals surface area contributed by atoms with Crippen LogP contribution in [0.15, 0.2) is 243 Å². The molecule has 1 saturated carbocycles. The first-order valence-corrected chi connectivity index (χ1v) is 35.2. The summed E-state index contributed by atoms with van der Waals surface area (Å²) in [5, 5.41) is 0. The van der Waals surface area contributed by atoms with E-state index in [9.17, 15) is 0 Å². The van der Waals surface area contributed by atoms with Gasteiger partial charge in [0.25, 0.3) is 0 Å². The van der Waals surface area contributed by atoms with Gasteiger partial charge in [-0.2, -0.15) is 0 Å². The Hall–Kier alpha value is -9.64. The van der Waals surface area contributed by atoms with Crippen molar-refractivity contribution < 1.29 is 42.9 Å². The van der Waals surface area contributed by atoms with Crippen molar-refractivity contribution in [3.8, 4) is 89.5 Å². The minimum absolute atomic E-state index is 0.169. The molecule has 0 atom stereocenters. The number of pyridine rings is 4. The maximum absolute atomic E-state index is 9.04. The van der Waals surface area contributed by atoms with Crippen molar-refractivity contribution in [2.75, 3.05) is 0 Å². The van der Waals surface area contributed by atoms with Crippen molar-refractivity contribution >= 4 is 0 Å². The van der Waals surface area contributed by atoms with Crippen LogP contribution in [0.4, 0.5) is 0 Å². The summed E-state index contributed by atoms with van der Waals surface area (Å²) in [7, 11) is 7.71. The lowest BCUT2D eigenvalue weighted by molar-refractivity contribution is -0.660. The molecule has 516 valence electrons. The van der Waals surface area contributed by atoms with Crippen molar-refractivity contribution in [3.05, 3.63) is 310 Å². The summed E-state index contributed by atoms with van der Waals surface area (Å²) in [4.78, 5) is 0. The van der Waals surface area contributed by atoms with Gasteiger partial charge in [-0.3, -0.25) is 0 Å². The highest BCUT2D eigenvalue weighted by molar-refractivity contribution is 5.79. The molecular formula is C97H112N4+4. The third kappa shape index (κ3) is 18.7. The zero-order valence-corrected chi connectivity index (χ0v) is 61.8. The first kappa shape index (κ1) is 53.2. The van der Waals surface area contributed by atoms with Gasteiger partial charge in [-0.15, -0.1) is 0 Å². The summed E-state index contributed by atoms with van der Waals surface area (Å²) in [6.07, 6.45) is 7.81. The first-order chi connectivity index (χ1) is 55.3. The van der Waals surface area contributed by atoms with E-state index in [1.54, 1.807) is 24.4 Å². The second-order valence-corrected chi connectivity index (χ2v) is 28.4. The standard InChI is InChI=1S/C25H28N.C25H30N.C24H28N.C23H26N/c1-18-13-14-22(20-9-5-4-6-10-20)15-24(18)25-16-23(19(2)17-26(25)3)21-11-7-8-12-21;1-18-14-19(2)23(16-22(18)21-10-8-7-9-11-21)24-15-20(12-13-26(24)6)17-25(3,4)5;1-17(2)13-20-11-12-25(5)24(15-20)23-16-22(18(3)14-19(23)4)21-9-7-6-8-10-21;1-16(2)20-11-12-24(5)23(14-20)22-15-21(17(3)13-18(22)4)19-9-7-6-8-10-19/h4-6,9-10,13-17,21H,7-8,11-12H2,1-3H3;7-16H,17H2,1-6H3;6-12,14-17H,13H2,1-5H3;6-16H,1-5H3/q4*+1/i2D3,21D;1D3,17D2;3D3,13D2;3D3,16D. The van der Waals surface area contributed by atoms with Crippen LogP contribution >= 0.6 is 0 Å².